The fraction of sp³-hybridized carbons (Fsp3) is 0.571. The molecule has 1 aliphatic rings. The first-order valence-corrected chi connectivity index (χ1v) is 7.43. The van der Waals surface area contributed by atoms with Crippen LogP contribution in [0.4, 0.5) is 10.5 Å². The van der Waals surface area contributed by atoms with Crippen molar-refractivity contribution in [3.05, 3.63) is 16.2 Å². The van der Waals surface area contributed by atoms with Crippen molar-refractivity contribution in [1.82, 2.24) is 4.98 Å². The quantitative estimate of drug-likeness (QED) is 0.783. The molecular formula is C14H19BrN2O3. The summed E-state index contributed by atoms with van der Waals surface area (Å²) in [6, 6.07) is 0. The number of anilines is 1. The standard InChI is InChI=1S/C14H19BrN2O3/c1-5-9-10(15)8-16-12-11(9)17(6-7-19-12)13(18)20-14(2,3)4/h8H,5-7H2,1-4H3. The fourth-order valence-corrected chi connectivity index (χ4v) is 2.63. The molecule has 6 heteroatoms. The summed E-state index contributed by atoms with van der Waals surface area (Å²) >= 11 is 3.48. The number of hydrogen-bond acceptors (Lipinski definition) is 4. The molecule has 0 spiro atoms. The SMILES string of the molecule is CCc1c(Br)cnc2c1N(C(=O)OC(C)(C)C)CCO2. The summed E-state index contributed by atoms with van der Waals surface area (Å²) in [7, 11) is 0. The number of rotatable bonds is 1. The highest BCUT2D eigenvalue weighted by atomic mass is 79.9. The average Bonchev–Trinajstić information content (AvgIpc) is 2.36. The van der Waals surface area contributed by atoms with Crippen LogP contribution in [0.15, 0.2) is 10.7 Å². The highest BCUT2D eigenvalue weighted by Crippen LogP contribution is 2.38. The number of hydrogen-bond donors (Lipinski definition) is 0. The lowest BCUT2D eigenvalue weighted by molar-refractivity contribution is 0.0566. The second-order valence-electron chi connectivity index (χ2n) is 5.57. The molecule has 1 aromatic heterocycles. The van der Waals surface area contributed by atoms with Crippen LogP contribution in [0.1, 0.15) is 33.3 Å². The van der Waals surface area contributed by atoms with E-state index in [0.29, 0.717) is 24.7 Å². The van der Waals surface area contributed by atoms with Crippen LogP contribution in [0.3, 0.4) is 0 Å². The van der Waals surface area contributed by atoms with E-state index < -0.39 is 5.60 Å². The molecule has 0 fully saturated rings. The zero-order valence-electron chi connectivity index (χ0n) is 12.2. The van der Waals surface area contributed by atoms with E-state index in [1.54, 1.807) is 11.1 Å². The molecule has 2 rings (SSSR count). The van der Waals surface area contributed by atoms with Crippen LogP contribution in [-0.2, 0) is 11.2 Å². The summed E-state index contributed by atoms with van der Waals surface area (Å²) in [4.78, 5) is 18.2. The van der Waals surface area contributed by atoms with E-state index in [1.807, 2.05) is 27.7 Å². The lowest BCUT2D eigenvalue weighted by Crippen LogP contribution is -2.42. The highest BCUT2D eigenvalue weighted by Gasteiger charge is 2.31. The van der Waals surface area contributed by atoms with Crippen LogP contribution >= 0.6 is 15.9 Å². The van der Waals surface area contributed by atoms with Gasteiger partial charge in [-0.25, -0.2) is 9.78 Å². The minimum atomic E-state index is -0.526. The molecule has 2 heterocycles. The van der Waals surface area contributed by atoms with E-state index >= 15 is 0 Å². The van der Waals surface area contributed by atoms with Crippen LogP contribution in [0.25, 0.3) is 0 Å². The lowest BCUT2D eigenvalue weighted by atomic mass is 10.1. The van der Waals surface area contributed by atoms with Crippen molar-refractivity contribution in [2.75, 3.05) is 18.1 Å². The number of aromatic nitrogens is 1. The largest absolute Gasteiger partial charge is 0.474 e. The van der Waals surface area contributed by atoms with E-state index in [9.17, 15) is 4.79 Å². The highest BCUT2D eigenvalue weighted by molar-refractivity contribution is 9.10. The van der Waals surface area contributed by atoms with E-state index in [0.717, 1.165) is 16.5 Å². The number of carbonyl (C=O) groups is 1. The Morgan fingerprint density at radius 1 is 1.55 bits per heavy atom. The van der Waals surface area contributed by atoms with Crippen LogP contribution in [-0.4, -0.2) is 29.8 Å². The molecule has 1 aliphatic heterocycles. The number of nitrogens with zero attached hydrogens (tertiary/aromatic N) is 2. The van der Waals surface area contributed by atoms with Gasteiger partial charge < -0.3 is 9.47 Å². The van der Waals surface area contributed by atoms with Crippen molar-refractivity contribution in [2.24, 2.45) is 0 Å². The fourth-order valence-electron chi connectivity index (χ4n) is 2.06. The first-order valence-electron chi connectivity index (χ1n) is 6.64. The molecule has 1 aromatic rings. The smallest absolute Gasteiger partial charge is 0.415 e. The van der Waals surface area contributed by atoms with Gasteiger partial charge in [-0.3, -0.25) is 4.90 Å². The molecule has 0 aliphatic carbocycles. The normalized spacial score (nSPS) is 14.6. The first-order chi connectivity index (χ1) is 9.33. The molecular weight excluding hydrogens is 324 g/mol. The number of fused-ring (bicyclic) bond motifs is 1. The van der Waals surface area contributed by atoms with Gasteiger partial charge in [-0.1, -0.05) is 6.92 Å². The predicted octanol–water partition coefficient (Wildman–Crippen LogP) is 3.54. The second-order valence-corrected chi connectivity index (χ2v) is 6.43. The molecule has 0 bridgehead atoms. The van der Waals surface area contributed by atoms with E-state index in [-0.39, 0.29) is 6.09 Å². The number of ether oxygens (including phenoxy) is 2. The van der Waals surface area contributed by atoms with Crippen LogP contribution in [0.5, 0.6) is 5.88 Å². The molecule has 20 heavy (non-hydrogen) atoms. The Balaban J connectivity index is 2.41. The van der Waals surface area contributed by atoms with Gasteiger partial charge in [0.2, 0.25) is 5.88 Å². The van der Waals surface area contributed by atoms with Crippen LogP contribution in [0, 0.1) is 0 Å². The topological polar surface area (TPSA) is 51.7 Å². The minimum absolute atomic E-state index is 0.364. The molecule has 5 nitrogen and oxygen atoms in total. The van der Waals surface area contributed by atoms with Crippen molar-refractivity contribution in [3.8, 4) is 5.88 Å². The second kappa shape index (κ2) is 5.60. The molecule has 0 saturated heterocycles. The lowest BCUT2D eigenvalue weighted by Gasteiger charge is -2.32. The van der Waals surface area contributed by atoms with Gasteiger partial charge in [-0.2, -0.15) is 0 Å². The molecule has 110 valence electrons. The van der Waals surface area contributed by atoms with E-state index in [4.69, 9.17) is 9.47 Å². The molecule has 0 aromatic carbocycles. The van der Waals surface area contributed by atoms with Gasteiger partial charge >= 0.3 is 6.09 Å². The third-order valence-electron chi connectivity index (χ3n) is 2.86. The van der Waals surface area contributed by atoms with Crippen LogP contribution in [0.2, 0.25) is 0 Å². The maximum absolute atomic E-state index is 12.4. The Kier molecular flexibility index (Phi) is 4.22. The molecule has 0 saturated carbocycles. The average molecular weight is 343 g/mol. The van der Waals surface area contributed by atoms with Gasteiger partial charge in [0.25, 0.3) is 0 Å². The molecule has 0 unspecified atom stereocenters. The van der Waals surface area contributed by atoms with Gasteiger partial charge in [0, 0.05) is 10.7 Å². The molecule has 0 atom stereocenters. The zero-order chi connectivity index (χ0) is 14.9. The molecule has 1 amide bonds. The summed E-state index contributed by atoms with van der Waals surface area (Å²) in [6.07, 6.45) is 2.11. The van der Waals surface area contributed by atoms with Gasteiger partial charge in [-0.05, 0) is 48.7 Å². The number of halogens is 1. The Morgan fingerprint density at radius 3 is 2.85 bits per heavy atom. The first kappa shape index (κ1) is 15.1. The predicted molar refractivity (Wildman–Crippen MR) is 80.4 cm³/mol. The summed E-state index contributed by atoms with van der Waals surface area (Å²) in [5.41, 5.74) is 1.18. The number of pyridine rings is 1. The van der Waals surface area contributed by atoms with Crippen molar-refractivity contribution >= 4 is 27.7 Å². The summed E-state index contributed by atoms with van der Waals surface area (Å²) in [5.74, 6) is 0.488. The minimum Gasteiger partial charge on any atom is -0.474 e. The Labute approximate surface area is 127 Å². The van der Waals surface area contributed by atoms with E-state index in [1.165, 1.54) is 0 Å². The zero-order valence-corrected chi connectivity index (χ0v) is 13.8. The Morgan fingerprint density at radius 2 is 2.25 bits per heavy atom. The number of amides is 1. The maximum Gasteiger partial charge on any atom is 0.415 e. The molecule has 0 radical (unpaired) electrons. The van der Waals surface area contributed by atoms with Crippen molar-refractivity contribution in [1.29, 1.82) is 0 Å². The summed E-state index contributed by atoms with van der Waals surface area (Å²) in [6.45, 7) is 8.48. The molecule has 0 N–H and O–H groups in total. The van der Waals surface area contributed by atoms with Crippen molar-refractivity contribution < 1.29 is 14.3 Å². The monoisotopic (exact) mass is 342 g/mol. The van der Waals surface area contributed by atoms with Crippen molar-refractivity contribution in [3.63, 3.8) is 0 Å². The van der Waals surface area contributed by atoms with Gasteiger partial charge in [-0.15, -0.1) is 0 Å². The van der Waals surface area contributed by atoms with Gasteiger partial charge in [0.05, 0.1) is 6.54 Å². The number of carbonyl (C=O) groups excluding carboxylic acids is 1. The summed E-state index contributed by atoms with van der Waals surface area (Å²) < 4.78 is 11.9. The summed E-state index contributed by atoms with van der Waals surface area (Å²) in [5, 5.41) is 0. The van der Waals surface area contributed by atoms with Crippen molar-refractivity contribution in [2.45, 2.75) is 39.7 Å². The van der Waals surface area contributed by atoms with Gasteiger partial charge in [0.1, 0.15) is 17.9 Å². The third kappa shape index (κ3) is 3.06. The Hall–Kier alpha value is -1.30. The van der Waals surface area contributed by atoms with Crippen LogP contribution < -0.4 is 9.64 Å². The van der Waals surface area contributed by atoms with E-state index in [2.05, 4.69) is 20.9 Å². The maximum atomic E-state index is 12.4. The van der Waals surface area contributed by atoms with Gasteiger partial charge in [0.15, 0.2) is 0 Å². The third-order valence-corrected chi connectivity index (χ3v) is 3.55. The Bertz CT molecular complexity index is 526.